The average Bonchev–Trinajstić information content (AvgIpc) is 2.96. The molecule has 0 bridgehead atoms. The summed E-state index contributed by atoms with van der Waals surface area (Å²) in [6.07, 6.45) is 7.73. The fourth-order valence-corrected chi connectivity index (χ4v) is 5.04. The fraction of sp³-hybridized carbons (Fsp3) is 0.875. The van der Waals surface area contributed by atoms with Crippen molar-refractivity contribution >= 4 is 33.5 Å². The number of unbranched alkanes of at least 4 members (excludes halogenated alkanes) is 1. The molecule has 0 radical (unpaired) electrons. The van der Waals surface area contributed by atoms with Crippen molar-refractivity contribution < 1.29 is 14.7 Å². The van der Waals surface area contributed by atoms with Gasteiger partial charge >= 0.3 is 5.97 Å². The molecular weight excluding hydrogens is 318 g/mol. The first-order valence-electron chi connectivity index (χ1n) is 8.16. The molecule has 2 N–H and O–H groups in total. The van der Waals surface area contributed by atoms with Gasteiger partial charge in [-0.2, -0.15) is 0 Å². The second kappa shape index (κ2) is 14.2. The average molecular weight is 350 g/mol. The molecule has 0 aromatic rings. The van der Waals surface area contributed by atoms with Gasteiger partial charge in [0.15, 0.2) is 0 Å². The lowest BCUT2D eigenvalue weighted by Gasteiger charge is -2.05. The monoisotopic (exact) mass is 349 g/mol. The highest BCUT2D eigenvalue weighted by molar-refractivity contribution is 8.77. The van der Waals surface area contributed by atoms with Crippen LogP contribution in [0.1, 0.15) is 65.2 Å². The summed E-state index contributed by atoms with van der Waals surface area (Å²) in [7, 11) is 5.71. The van der Waals surface area contributed by atoms with Crippen molar-refractivity contribution in [3.8, 4) is 0 Å². The van der Waals surface area contributed by atoms with Gasteiger partial charge in [0.2, 0.25) is 5.91 Å². The molecule has 1 unspecified atom stereocenters. The van der Waals surface area contributed by atoms with Crippen LogP contribution in [0, 0.1) is 5.92 Å². The maximum atomic E-state index is 10.9. The Balaban J connectivity index is 0.000000433. The molecule has 0 aromatic heterocycles. The van der Waals surface area contributed by atoms with E-state index in [1.807, 2.05) is 21.6 Å². The molecule has 1 atom stereocenters. The van der Waals surface area contributed by atoms with E-state index < -0.39 is 5.97 Å². The second-order valence-electron chi connectivity index (χ2n) is 5.93. The Morgan fingerprint density at radius 1 is 1.23 bits per heavy atom. The number of hydrogen-bond donors (Lipinski definition) is 2. The maximum absolute atomic E-state index is 10.9. The number of hydrogen-bond acceptors (Lipinski definition) is 4. The zero-order valence-corrected chi connectivity index (χ0v) is 15.7. The Kier molecular flexibility index (Phi) is 14.0. The summed E-state index contributed by atoms with van der Waals surface area (Å²) in [6.45, 7) is 4.20. The third-order valence-corrected chi connectivity index (χ3v) is 6.36. The lowest BCUT2D eigenvalue weighted by atomic mass is 10.1. The molecule has 4 nitrogen and oxygen atoms in total. The minimum Gasteiger partial charge on any atom is -0.481 e. The van der Waals surface area contributed by atoms with E-state index in [4.69, 9.17) is 5.11 Å². The summed E-state index contributed by atoms with van der Waals surface area (Å²) >= 11 is 0. The number of carbonyl (C=O) groups is 2. The van der Waals surface area contributed by atoms with E-state index in [2.05, 4.69) is 19.2 Å². The molecule has 6 heteroatoms. The van der Waals surface area contributed by atoms with Crippen LogP contribution in [0.2, 0.25) is 0 Å². The minimum atomic E-state index is -0.685. The van der Waals surface area contributed by atoms with Gasteiger partial charge in [-0.15, -0.1) is 0 Å². The van der Waals surface area contributed by atoms with Gasteiger partial charge in [-0.1, -0.05) is 48.3 Å². The molecule has 22 heavy (non-hydrogen) atoms. The van der Waals surface area contributed by atoms with Crippen LogP contribution in [0.25, 0.3) is 0 Å². The Morgan fingerprint density at radius 3 is 2.45 bits per heavy atom. The molecular formula is C16H31NO3S2. The van der Waals surface area contributed by atoms with Gasteiger partial charge in [-0.25, -0.2) is 0 Å². The number of nitrogens with one attached hydrogen (secondary N) is 1. The Morgan fingerprint density at radius 2 is 1.95 bits per heavy atom. The predicted molar refractivity (Wildman–Crippen MR) is 97.3 cm³/mol. The Labute approximate surface area is 143 Å². The predicted octanol–water partition coefficient (Wildman–Crippen LogP) is 4.34. The number of amides is 1. The molecule has 0 saturated carbocycles. The van der Waals surface area contributed by atoms with E-state index >= 15 is 0 Å². The molecule has 0 aliphatic carbocycles. The van der Waals surface area contributed by atoms with Crippen molar-refractivity contribution in [2.24, 2.45) is 5.92 Å². The SMILES string of the molecule is CC(C)CCCC(=O)O.CNC(=O)CCCCC1CCSS1. The minimum absolute atomic E-state index is 0.174. The summed E-state index contributed by atoms with van der Waals surface area (Å²) in [5.41, 5.74) is 0. The summed E-state index contributed by atoms with van der Waals surface area (Å²) in [5.74, 6) is 1.43. The molecule has 1 rings (SSSR count). The standard InChI is InChI=1S/C9H17NOS2.C7H14O2/c1-10-9(11)5-3-2-4-8-6-7-12-13-8;1-6(2)4-3-5-7(8)9/h8H,2-7H2,1H3,(H,10,11);6H,3-5H2,1-2H3,(H,8,9). The summed E-state index contributed by atoms with van der Waals surface area (Å²) in [4.78, 5) is 20.9. The van der Waals surface area contributed by atoms with Crippen molar-refractivity contribution in [2.75, 3.05) is 12.8 Å². The molecule has 1 saturated heterocycles. The van der Waals surface area contributed by atoms with Crippen LogP contribution in [0.5, 0.6) is 0 Å². The lowest BCUT2D eigenvalue weighted by Crippen LogP contribution is -2.17. The quantitative estimate of drug-likeness (QED) is 0.479. The number of carbonyl (C=O) groups excluding carboxylic acids is 1. The van der Waals surface area contributed by atoms with Crippen molar-refractivity contribution in [1.82, 2.24) is 5.32 Å². The van der Waals surface area contributed by atoms with Crippen LogP contribution >= 0.6 is 21.6 Å². The molecule has 1 fully saturated rings. The van der Waals surface area contributed by atoms with E-state index in [0.29, 0.717) is 18.8 Å². The van der Waals surface area contributed by atoms with E-state index in [1.165, 1.54) is 25.0 Å². The highest BCUT2D eigenvalue weighted by Gasteiger charge is 2.15. The molecule has 1 heterocycles. The normalized spacial score (nSPS) is 17.0. The Hall–Kier alpha value is -0.360. The van der Waals surface area contributed by atoms with Crippen molar-refractivity contribution in [3.05, 3.63) is 0 Å². The van der Waals surface area contributed by atoms with E-state index in [-0.39, 0.29) is 5.91 Å². The number of carboxylic acid groups (broad SMARTS) is 1. The first kappa shape index (κ1) is 21.6. The van der Waals surface area contributed by atoms with Gasteiger partial charge in [-0.05, 0) is 31.6 Å². The first-order chi connectivity index (χ1) is 10.5. The van der Waals surface area contributed by atoms with Crippen LogP contribution in [0.15, 0.2) is 0 Å². The largest absolute Gasteiger partial charge is 0.481 e. The smallest absolute Gasteiger partial charge is 0.303 e. The van der Waals surface area contributed by atoms with Crippen molar-refractivity contribution in [3.63, 3.8) is 0 Å². The second-order valence-corrected chi connectivity index (χ2v) is 8.72. The molecule has 0 spiro atoms. The molecule has 1 aliphatic heterocycles. The van der Waals surface area contributed by atoms with E-state index in [0.717, 1.165) is 24.5 Å². The fourth-order valence-electron chi connectivity index (χ4n) is 2.01. The van der Waals surface area contributed by atoms with Crippen LogP contribution in [0.3, 0.4) is 0 Å². The van der Waals surface area contributed by atoms with Crippen LogP contribution in [-0.4, -0.2) is 35.0 Å². The molecule has 1 amide bonds. The van der Waals surface area contributed by atoms with Gasteiger partial charge in [0.1, 0.15) is 0 Å². The van der Waals surface area contributed by atoms with Gasteiger partial charge in [0, 0.05) is 30.9 Å². The zero-order chi connectivity index (χ0) is 16.8. The summed E-state index contributed by atoms with van der Waals surface area (Å²) in [6, 6.07) is 0. The van der Waals surface area contributed by atoms with E-state index in [9.17, 15) is 9.59 Å². The van der Waals surface area contributed by atoms with Crippen LogP contribution < -0.4 is 5.32 Å². The van der Waals surface area contributed by atoms with Crippen molar-refractivity contribution in [2.45, 2.75) is 70.5 Å². The van der Waals surface area contributed by atoms with Crippen LogP contribution in [0.4, 0.5) is 0 Å². The number of aliphatic carboxylic acids is 1. The van der Waals surface area contributed by atoms with Crippen molar-refractivity contribution in [1.29, 1.82) is 0 Å². The molecule has 130 valence electrons. The molecule has 1 aliphatic rings. The highest BCUT2D eigenvalue weighted by atomic mass is 33.1. The summed E-state index contributed by atoms with van der Waals surface area (Å²) in [5, 5.41) is 11.7. The van der Waals surface area contributed by atoms with Gasteiger partial charge in [-0.3, -0.25) is 9.59 Å². The van der Waals surface area contributed by atoms with Crippen LogP contribution in [-0.2, 0) is 9.59 Å². The first-order valence-corrected chi connectivity index (χ1v) is 10.5. The Bertz CT molecular complexity index is 306. The van der Waals surface area contributed by atoms with Gasteiger partial charge < -0.3 is 10.4 Å². The molecule has 0 aromatic carbocycles. The van der Waals surface area contributed by atoms with E-state index in [1.54, 1.807) is 7.05 Å². The zero-order valence-electron chi connectivity index (χ0n) is 14.1. The number of rotatable bonds is 9. The third-order valence-electron chi connectivity index (χ3n) is 3.36. The lowest BCUT2D eigenvalue weighted by molar-refractivity contribution is -0.137. The highest BCUT2D eigenvalue weighted by Crippen LogP contribution is 2.39. The topological polar surface area (TPSA) is 66.4 Å². The third kappa shape index (κ3) is 14.6. The van der Waals surface area contributed by atoms with Gasteiger partial charge in [0.05, 0.1) is 0 Å². The maximum Gasteiger partial charge on any atom is 0.303 e. The summed E-state index contributed by atoms with van der Waals surface area (Å²) < 4.78 is 0. The van der Waals surface area contributed by atoms with Gasteiger partial charge in [0.25, 0.3) is 0 Å². The number of carboxylic acids is 1.